The number of aromatic nitrogens is 2. The molecule has 0 bridgehead atoms. The first-order valence-corrected chi connectivity index (χ1v) is 9.92. The Bertz CT molecular complexity index is 1050. The van der Waals surface area contributed by atoms with Crippen molar-refractivity contribution in [2.75, 3.05) is 25.0 Å². The number of amides is 2. The molecule has 33 heavy (non-hydrogen) atoms. The molecule has 0 aromatic carbocycles. The first-order valence-electron chi connectivity index (χ1n) is 9.54. The molecule has 0 spiro atoms. The van der Waals surface area contributed by atoms with Crippen molar-refractivity contribution in [3.05, 3.63) is 58.5 Å². The molecule has 178 valence electrons. The topological polar surface area (TPSA) is 98.6 Å². The Labute approximate surface area is 189 Å². The number of halogens is 6. The van der Waals surface area contributed by atoms with Crippen LogP contribution in [0.25, 0.3) is 5.57 Å². The monoisotopic (exact) mass is 492 g/mol. The Hall–Kier alpha value is -2.83. The van der Waals surface area contributed by atoms with Gasteiger partial charge >= 0.3 is 18.1 Å². The molecule has 0 fully saturated rings. The highest BCUT2D eigenvalue weighted by molar-refractivity contribution is 6.32. The van der Waals surface area contributed by atoms with Gasteiger partial charge < -0.3 is 15.1 Å². The fourth-order valence-corrected chi connectivity index (χ4v) is 3.34. The first-order chi connectivity index (χ1) is 15.4. The number of nitrogens with one attached hydrogen (secondary N) is 1. The summed E-state index contributed by atoms with van der Waals surface area (Å²) < 4.78 is 65.9. The van der Waals surface area contributed by atoms with Gasteiger partial charge in [0.2, 0.25) is 0 Å². The third kappa shape index (κ3) is 5.57. The van der Waals surface area contributed by atoms with Crippen molar-refractivity contribution in [3.8, 4) is 0 Å². The summed E-state index contributed by atoms with van der Waals surface area (Å²) in [4.78, 5) is 21.3. The van der Waals surface area contributed by atoms with E-state index < -0.39 is 42.0 Å². The van der Waals surface area contributed by atoms with Crippen molar-refractivity contribution in [2.24, 2.45) is 0 Å². The van der Waals surface area contributed by atoms with E-state index in [9.17, 15) is 31.9 Å². The van der Waals surface area contributed by atoms with Gasteiger partial charge in [-0.15, -0.1) is 0 Å². The van der Waals surface area contributed by atoms with E-state index in [1.54, 1.807) is 6.08 Å². The fourth-order valence-electron chi connectivity index (χ4n) is 3.06. The molecule has 0 saturated carbocycles. The number of alkyl halides is 5. The van der Waals surface area contributed by atoms with Crippen LogP contribution in [-0.2, 0) is 12.1 Å². The highest BCUT2D eigenvalue weighted by Gasteiger charge is 2.41. The zero-order chi connectivity index (χ0) is 24.4. The number of pyridine rings is 2. The lowest BCUT2D eigenvalue weighted by molar-refractivity contribution is -0.137. The predicted molar refractivity (Wildman–Crippen MR) is 109 cm³/mol. The number of aliphatic hydroxyl groups is 2. The largest absolute Gasteiger partial charge is 0.417 e. The number of carbonyl (C=O) groups is 1. The molecule has 2 amide bonds. The van der Waals surface area contributed by atoms with Gasteiger partial charge in [-0.25, -0.2) is 9.78 Å². The Morgan fingerprint density at radius 2 is 1.88 bits per heavy atom. The number of anilines is 1. The van der Waals surface area contributed by atoms with Gasteiger partial charge in [0, 0.05) is 31.0 Å². The molecule has 0 saturated heterocycles. The molecule has 1 unspecified atom stereocenters. The molecule has 0 radical (unpaired) electrons. The average molecular weight is 493 g/mol. The third-order valence-electron chi connectivity index (χ3n) is 4.94. The Balaban J connectivity index is 1.66. The minimum Gasteiger partial charge on any atom is -0.393 e. The molecule has 3 heterocycles. The van der Waals surface area contributed by atoms with Gasteiger partial charge in [0.1, 0.15) is 11.9 Å². The highest BCUT2D eigenvalue weighted by atomic mass is 35.5. The number of hydrogen-bond acceptors (Lipinski definition) is 5. The molecule has 3 rings (SSSR count). The maximum atomic E-state index is 14.1. The second-order valence-corrected chi connectivity index (χ2v) is 7.57. The van der Waals surface area contributed by atoms with Crippen molar-refractivity contribution in [2.45, 2.75) is 24.6 Å². The SMILES string of the molecule is O=C(Nc1ccc(C(F)(F)F)cn1)N1CC=C(c2ncc(C(F)(F)C(O)CO)cc2Cl)CC1. The average Bonchev–Trinajstić information content (AvgIpc) is 2.78. The van der Waals surface area contributed by atoms with E-state index >= 15 is 0 Å². The van der Waals surface area contributed by atoms with Crippen molar-refractivity contribution < 1.29 is 37.0 Å². The minimum absolute atomic E-state index is 0.0472. The van der Waals surface area contributed by atoms with Crippen LogP contribution >= 0.6 is 11.6 Å². The second-order valence-electron chi connectivity index (χ2n) is 7.16. The van der Waals surface area contributed by atoms with Gasteiger partial charge in [-0.05, 0) is 30.2 Å². The van der Waals surface area contributed by atoms with Gasteiger partial charge in [0.05, 0.1) is 22.9 Å². The standard InChI is InChI=1S/C20H18ClF5N4O3/c21-14-7-13(19(22,23)15(32)10-31)9-28-17(14)11-3-5-30(6-4-11)18(33)29-16-2-1-12(8-27-16)20(24,25)26/h1-3,7-9,15,31-32H,4-6,10H2,(H,27,29,33). The molecule has 1 aliphatic heterocycles. The van der Waals surface area contributed by atoms with Crippen LogP contribution in [0.5, 0.6) is 0 Å². The molecule has 3 N–H and O–H groups in total. The van der Waals surface area contributed by atoms with E-state index in [-0.39, 0.29) is 36.0 Å². The zero-order valence-corrected chi connectivity index (χ0v) is 17.5. The van der Waals surface area contributed by atoms with Crippen LogP contribution in [-0.4, -0.2) is 56.9 Å². The van der Waals surface area contributed by atoms with Crippen LogP contribution in [0, 0.1) is 0 Å². The van der Waals surface area contributed by atoms with Crippen LogP contribution in [0.4, 0.5) is 32.6 Å². The zero-order valence-electron chi connectivity index (χ0n) is 16.8. The van der Waals surface area contributed by atoms with Gasteiger partial charge in [-0.2, -0.15) is 22.0 Å². The lowest BCUT2D eigenvalue weighted by Crippen LogP contribution is -2.38. The molecule has 1 atom stereocenters. The number of aliphatic hydroxyl groups excluding tert-OH is 2. The lowest BCUT2D eigenvalue weighted by atomic mass is 10.0. The minimum atomic E-state index is -4.54. The maximum Gasteiger partial charge on any atom is 0.417 e. The molecule has 2 aromatic heterocycles. The number of hydrogen-bond donors (Lipinski definition) is 3. The van der Waals surface area contributed by atoms with Gasteiger partial charge in [0.15, 0.2) is 0 Å². The number of rotatable bonds is 5. The van der Waals surface area contributed by atoms with E-state index in [1.165, 1.54) is 4.90 Å². The summed E-state index contributed by atoms with van der Waals surface area (Å²) in [6.07, 6.45) is -3.46. The molecule has 7 nitrogen and oxygen atoms in total. The van der Waals surface area contributed by atoms with E-state index in [4.69, 9.17) is 16.7 Å². The van der Waals surface area contributed by atoms with Gasteiger partial charge in [0.25, 0.3) is 0 Å². The first kappa shape index (κ1) is 24.8. The van der Waals surface area contributed by atoms with E-state index in [0.29, 0.717) is 11.8 Å². The van der Waals surface area contributed by atoms with Crippen LogP contribution in [0.15, 0.2) is 36.7 Å². The molecule has 2 aromatic rings. The summed E-state index contributed by atoms with van der Waals surface area (Å²) >= 11 is 6.11. The summed E-state index contributed by atoms with van der Waals surface area (Å²) in [5, 5.41) is 20.4. The van der Waals surface area contributed by atoms with Crippen molar-refractivity contribution in [1.29, 1.82) is 0 Å². The number of carbonyl (C=O) groups excluding carboxylic acids is 1. The summed E-state index contributed by atoms with van der Waals surface area (Å²) in [6.45, 7) is -0.824. The van der Waals surface area contributed by atoms with Crippen molar-refractivity contribution in [3.63, 3.8) is 0 Å². The second kappa shape index (κ2) is 9.57. The summed E-state index contributed by atoms with van der Waals surface area (Å²) in [5.74, 6) is -3.79. The summed E-state index contributed by atoms with van der Waals surface area (Å²) in [6, 6.07) is 2.22. The molecular weight excluding hydrogens is 475 g/mol. The number of nitrogens with zero attached hydrogens (tertiary/aromatic N) is 3. The Morgan fingerprint density at radius 3 is 2.39 bits per heavy atom. The van der Waals surface area contributed by atoms with Crippen molar-refractivity contribution >= 4 is 29.0 Å². The molecular formula is C20H18ClF5N4O3. The molecule has 13 heteroatoms. The van der Waals surface area contributed by atoms with Gasteiger partial charge in [-0.1, -0.05) is 17.7 Å². The summed E-state index contributed by atoms with van der Waals surface area (Å²) in [5.41, 5.74) is -0.752. The quantitative estimate of drug-likeness (QED) is 0.550. The fraction of sp³-hybridized carbons (Fsp3) is 0.350. The third-order valence-corrected chi connectivity index (χ3v) is 5.23. The Morgan fingerprint density at radius 1 is 1.18 bits per heavy atom. The smallest absolute Gasteiger partial charge is 0.393 e. The predicted octanol–water partition coefficient (Wildman–Crippen LogP) is 3.92. The van der Waals surface area contributed by atoms with E-state index in [2.05, 4.69) is 15.3 Å². The van der Waals surface area contributed by atoms with E-state index in [0.717, 1.165) is 24.4 Å². The molecule has 1 aliphatic rings. The maximum absolute atomic E-state index is 14.1. The van der Waals surface area contributed by atoms with Crippen molar-refractivity contribution in [1.82, 2.24) is 14.9 Å². The molecule has 0 aliphatic carbocycles. The van der Waals surface area contributed by atoms with Gasteiger partial charge in [-0.3, -0.25) is 10.3 Å². The van der Waals surface area contributed by atoms with Crippen LogP contribution < -0.4 is 5.32 Å². The summed E-state index contributed by atoms with van der Waals surface area (Å²) in [7, 11) is 0. The van der Waals surface area contributed by atoms with Crippen LogP contribution in [0.3, 0.4) is 0 Å². The van der Waals surface area contributed by atoms with Crippen LogP contribution in [0.2, 0.25) is 5.02 Å². The van der Waals surface area contributed by atoms with E-state index in [1.807, 2.05) is 0 Å². The van der Waals surface area contributed by atoms with Crippen LogP contribution in [0.1, 0.15) is 23.2 Å². The normalized spacial score (nSPS) is 15.8. The Kier molecular flexibility index (Phi) is 7.20. The highest BCUT2D eigenvalue weighted by Crippen LogP contribution is 2.35. The number of urea groups is 1. The lowest BCUT2D eigenvalue weighted by Gasteiger charge is -2.27.